The van der Waals surface area contributed by atoms with E-state index in [1.807, 2.05) is 17.5 Å². The van der Waals surface area contributed by atoms with Crippen molar-refractivity contribution in [1.29, 1.82) is 0 Å². The van der Waals surface area contributed by atoms with Crippen molar-refractivity contribution >= 4 is 23.2 Å². The van der Waals surface area contributed by atoms with E-state index in [4.69, 9.17) is 15.0 Å². The molecule has 0 fully saturated rings. The lowest BCUT2D eigenvalue weighted by Crippen LogP contribution is -2.07. The summed E-state index contributed by atoms with van der Waals surface area (Å²) in [5.41, 5.74) is 6.19. The fraction of sp³-hybridized carbons (Fsp3) is 0.200. The van der Waals surface area contributed by atoms with Gasteiger partial charge in [0.15, 0.2) is 5.56 Å². The number of hydrogen-bond donors (Lipinski definition) is 1. The van der Waals surface area contributed by atoms with Gasteiger partial charge in [0.2, 0.25) is 5.88 Å². The van der Waals surface area contributed by atoms with E-state index in [-0.39, 0.29) is 18.1 Å². The van der Waals surface area contributed by atoms with Gasteiger partial charge in [-0.1, -0.05) is 11.2 Å². The van der Waals surface area contributed by atoms with Crippen LogP contribution in [0.1, 0.15) is 17.3 Å². The average Bonchev–Trinajstić information content (AvgIpc) is 2.86. The van der Waals surface area contributed by atoms with Crippen LogP contribution in [0.15, 0.2) is 22.0 Å². The number of carbonyl (C=O) groups excluding carboxylic acids is 1. The highest BCUT2D eigenvalue weighted by Crippen LogP contribution is 2.30. The molecule has 0 aliphatic carbocycles. The number of ether oxygens (including phenoxy) is 1. The molecule has 0 aliphatic heterocycles. The molecule has 2 rings (SSSR count). The first-order valence-corrected chi connectivity index (χ1v) is 5.58. The molecule has 0 saturated heterocycles. The molecular weight excluding hydrogens is 228 g/mol. The molecule has 0 aromatic carbocycles. The van der Waals surface area contributed by atoms with Crippen LogP contribution < -0.4 is 5.73 Å². The molecule has 2 aromatic heterocycles. The van der Waals surface area contributed by atoms with Gasteiger partial charge < -0.3 is 15.0 Å². The summed E-state index contributed by atoms with van der Waals surface area (Å²) in [6.45, 7) is 2.01. The lowest BCUT2D eigenvalue weighted by Gasteiger charge is -2.00. The third-order valence-corrected chi connectivity index (χ3v) is 2.83. The molecule has 0 aliphatic rings. The molecule has 0 unspecified atom stereocenters. The third-order valence-electron chi connectivity index (χ3n) is 1.95. The summed E-state index contributed by atoms with van der Waals surface area (Å²) in [5, 5.41) is 5.66. The van der Waals surface area contributed by atoms with Crippen LogP contribution in [0.2, 0.25) is 0 Å². The van der Waals surface area contributed by atoms with Gasteiger partial charge in [0.1, 0.15) is 5.69 Å². The Morgan fingerprint density at radius 1 is 1.69 bits per heavy atom. The second kappa shape index (κ2) is 4.36. The van der Waals surface area contributed by atoms with E-state index in [9.17, 15) is 4.79 Å². The Morgan fingerprint density at radius 2 is 2.50 bits per heavy atom. The number of carbonyl (C=O) groups is 1. The van der Waals surface area contributed by atoms with Crippen molar-refractivity contribution < 1.29 is 14.1 Å². The number of nitrogen functional groups attached to an aromatic ring is 1. The van der Waals surface area contributed by atoms with E-state index in [0.29, 0.717) is 5.69 Å². The quantitative estimate of drug-likeness (QED) is 0.829. The van der Waals surface area contributed by atoms with Crippen molar-refractivity contribution in [2.24, 2.45) is 0 Å². The van der Waals surface area contributed by atoms with Crippen molar-refractivity contribution in [3.63, 3.8) is 0 Å². The molecule has 84 valence electrons. The summed E-state index contributed by atoms with van der Waals surface area (Å²) in [6, 6.07) is 3.70. The summed E-state index contributed by atoms with van der Waals surface area (Å²) in [6.07, 6.45) is 0. The molecule has 0 radical (unpaired) electrons. The van der Waals surface area contributed by atoms with E-state index in [0.717, 1.165) is 4.88 Å². The number of rotatable bonds is 3. The molecule has 16 heavy (non-hydrogen) atoms. The summed E-state index contributed by atoms with van der Waals surface area (Å²) in [7, 11) is 0. The highest BCUT2D eigenvalue weighted by Gasteiger charge is 2.23. The number of aromatic nitrogens is 1. The summed E-state index contributed by atoms with van der Waals surface area (Å²) < 4.78 is 9.71. The normalized spacial score (nSPS) is 10.3. The number of thiophene rings is 1. The standard InChI is InChI=1S/C10H10N2O3S/c1-2-14-10(13)7-8(12-15-9(7)11)6-4-3-5-16-6/h3-5H,2,11H2,1H3. The van der Waals surface area contributed by atoms with E-state index in [1.165, 1.54) is 11.3 Å². The van der Waals surface area contributed by atoms with Crippen molar-refractivity contribution in [2.45, 2.75) is 6.92 Å². The fourth-order valence-electron chi connectivity index (χ4n) is 1.28. The fourth-order valence-corrected chi connectivity index (χ4v) is 2.00. The van der Waals surface area contributed by atoms with Gasteiger partial charge in [0.25, 0.3) is 0 Å². The minimum absolute atomic E-state index is 0.0122. The maximum Gasteiger partial charge on any atom is 0.346 e. The minimum atomic E-state index is -0.510. The molecule has 0 amide bonds. The Labute approximate surface area is 95.8 Å². The number of anilines is 1. The number of nitrogens with two attached hydrogens (primary N) is 1. The molecule has 2 aromatic rings. The molecule has 0 atom stereocenters. The Balaban J connectivity index is 2.44. The van der Waals surface area contributed by atoms with Gasteiger partial charge in [0.05, 0.1) is 11.5 Å². The van der Waals surface area contributed by atoms with Crippen LogP contribution in [-0.4, -0.2) is 17.7 Å². The lowest BCUT2D eigenvalue weighted by atomic mass is 10.2. The Bertz CT molecular complexity index is 490. The monoisotopic (exact) mass is 238 g/mol. The summed E-state index contributed by atoms with van der Waals surface area (Å²) in [5.74, 6) is -0.522. The first kappa shape index (κ1) is 10.7. The molecule has 0 spiro atoms. The number of esters is 1. The Morgan fingerprint density at radius 3 is 3.12 bits per heavy atom. The van der Waals surface area contributed by atoms with Crippen molar-refractivity contribution in [1.82, 2.24) is 5.16 Å². The van der Waals surface area contributed by atoms with Crippen LogP contribution in [0.4, 0.5) is 5.88 Å². The van der Waals surface area contributed by atoms with Crippen LogP contribution in [0, 0.1) is 0 Å². The van der Waals surface area contributed by atoms with Crippen molar-refractivity contribution in [3.8, 4) is 10.6 Å². The van der Waals surface area contributed by atoms with E-state index >= 15 is 0 Å². The topological polar surface area (TPSA) is 78.3 Å². The molecule has 0 bridgehead atoms. The zero-order valence-electron chi connectivity index (χ0n) is 8.60. The van der Waals surface area contributed by atoms with Crippen LogP contribution in [0.3, 0.4) is 0 Å². The van der Waals surface area contributed by atoms with Gasteiger partial charge in [-0.25, -0.2) is 4.79 Å². The van der Waals surface area contributed by atoms with E-state index in [2.05, 4.69) is 5.16 Å². The average molecular weight is 238 g/mol. The highest BCUT2D eigenvalue weighted by molar-refractivity contribution is 7.13. The minimum Gasteiger partial charge on any atom is -0.462 e. The molecule has 2 heterocycles. The molecule has 2 N–H and O–H groups in total. The Hall–Kier alpha value is -1.82. The lowest BCUT2D eigenvalue weighted by molar-refractivity contribution is 0.0528. The van der Waals surface area contributed by atoms with Crippen LogP contribution in [-0.2, 0) is 4.74 Å². The van der Waals surface area contributed by atoms with Crippen molar-refractivity contribution in [2.75, 3.05) is 12.3 Å². The summed E-state index contributed by atoms with van der Waals surface area (Å²) >= 11 is 1.45. The molecule has 6 heteroatoms. The zero-order valence-corrected chi connectivity index (χ0v) is 9.41. The largest absolute Gasteiger partial charge is 0.462 e. The Kier molecular flexibility index (Phi) is 2.91. The number of hydrogen-bond acceptors (Lipinski definition) is 6. The third kappa shape index (κ3) is 1.79. The second-order valence-corrected chi connectivity index (χ2v) is 3.92. The van der Waals surface area contributed by atoms with Gasteiger partial charge in [0, 0.05) is 0 Å². The van der Waals surface area contributed by atoms with E-state index in [1.54, 1.807) is 6.92 Å². The van der Waals surface area contributed by atoms with Crippen molar-refractivity contribution in [3.05, 3.63) is 23.1 Å². The van der Waals surface area contributed by atoms with Gasteiger partial charge in [-0.2, -0.15) is 0 Å². The van der Waals surface area contributed by atoms with Gasteiger partial charge in [-0.3, -0.25) is 0 Å². The smallest absolute Gasteiger partial charge is 0.346 e. The SMILES string of the molecule is CCOC(=O)c1c(-c2cccs2)noc1N. The van der Waals surface area contributed by atoms with Gasteiger partial charge in [-0.15, -0.1) is 11.3 Å². The first-order valence-electron chi connectivity index (χ1n) is 4.70. The maximum atomic E-state index is 11.6. The first-order chi connectivity index (χ1) is 7.74. The summed E-state index contributed by atoms with van der Waals surface area (Å²) in [4.78, 5) is 12.5. The molecule has 5 nitrogen and oxygen atoms in total. The molecule has 0 saturated carbocycles. The second-order valence-electron chi connectivity index (χ2n) is 2.97. The van der Waals surface area contributed by atoms with Crippen LogP contribution in [0.5, 0.6) is 0 Å². The van der Waals surface area contributed by atoms with Gasteiger partial charge >= 0.3 is 5.97 Å². The predicted octanol–water partition coefficient (Wildman–Crippen LogP) is 2.16. The highest BCUT2D eigenvalue weighted by atomic mass is 32.1. The van der Waals surface area contributed by atoms with Crippen LogP contribution >= 0.6 is 11.3 Å². The van der Waals surface area contributed by atoms with E-state index < -0.39 is 5.97 Å². The van der Waals surface area contributed by atoms with Crippen LogP contribution in [0.25, 0.3) is 10.6 Å². The predicted molar refractivity (Wildman–Crippen MR) is 60.2 cm³/mol. The maximum absolute atomic E-state index is 11.6. The van der Waals surface area contributed by atoms with Gasteiger partial charge in [-0.05, 0) is 18.4 Å². The number of nitrogens with zero attached hydrogens (tertiary/aromatic N) is 1. The zero-order chi connectivity index (χ0) is 11.5. The molecular formula is C10H10N2O3S.